The Kier molecular flexibility index (Phi) is 3.57. The van der Waals surface area contributed by atoms with Gasteiger partial charge in [-0.2, -0.15) is 0 Å². The maximum absolute atomic E-state index is 10.7. The maximum Gasteiger partial charge on any atom is 0.269 e. The van der Waals surface area contributed by atoms with Crippen LogP contribution in [0.15, 0.2) is 54.7 Å². The molecule has 2 aromatic carbocycles. The first kappa shape index (κ1) is 13.8. The van der Waals surface area contributed by atoms with E-state index in [1.54, 1.807) is 25.4 Å². The highest BCUT2D eigenvalue weighted by Crippen LogP contribution is 2.30. The van der Waals surface area contributed by atoms with Crippen LogP contribution >= 0.6 is 0 Å². The number of hydrogen-bond acceptors (Lipinski definition) is 5. The Morgan fingerprint density at radius 3 is 2.59 bits per heavy atom. The quantitative estimate of drug-likeness (QED) is 0.583. The van der Waals surface area contributed by atoms with Crippen LogP contribution in [-0.4, -0.2) is 17.0 Å². The van der Waals surface area contributed by atoms with Gasteiger partial charge >= 0.3 is 0 Å². The summed E-state index contributed by atoms with van der Waals surface area (Å²) < 4.78 is 5.31. The minimum absolute atomic E-state index is 0.0619. The first-order valence-electron chi connectivity index (χ1n) is 6.62. The lowest BCUT2D eigenvalue weighted by molar-refractivity contribution is -0.384. The van der Waals surface area contributed by atoms with Crippen molar-refractivity contribution in [2.75, 3.05) is 12.4 Å². The van der Waals surface area contributed by atoms with Gasteiger partial charge < -0.3 is 10.1 Å². The van der Waals surface area contributed by atoms with E-state index in [4.69, 9.17) is 4.74 Å². The van der Waals surface area contributed by atoms with Crippen LogP contribution < -0.4 is 10.1 Å². The second-order valence-electron chi connectivity index (χ2n) is 4.64. The second-order valence-corrected chi connectivity index (χ2v) is 4.64. The monoisotopic (exact) mass is 295 g/mol. The zero-order valence-corrected chi connectivity index (χ0v) is 11.8. The molecule has 0 fully saturated rings. The molecule has 0 saturated carbocycles. The Balaban J connectivity index is 1.98. The minimum Gasteiger partial charge on any atom is -0.494 e. The predicted octanol–water partition coefficient (Wildman–Crippen LogP) is 3.90. The predicted molar refractivity (Wildman–Crippen MR) is 84.7 cm³/mol. The number of nitrogens with zero attached hydrogens (tertiary/aromatic N) is 2. The summed E-state index contributed by atoms with van der Waals surface area (Å²) in [7, 11) is 1.60. The first-order chi connectivity index (χ1) is 10.7. The van der Waals surface area contributed by atoms with Gasteiger partial charge in [0.2, 0.25) is 0 Å². The van der Waals surface area contributed by atoms with Crippen molar-refractivity contribution in [1.82, 2.24) is 4.98 Å². The number of nitro groups is 1. The van der Waals surface area contributed by atoms with Gasteiger partial charge in [0.05, 0.1) is 12.0 Å². The van der Waals surface area contributed by atoms with Crippen LogP contribution in [0.1, 0.15) is 0 Å². The SMILES string of the molecule is COc1cccc2c(Nc3ccc([N+](=O)[O-])cc3)ccnc12. The van der Waals surface area contributed by atoms with Crippen molar-refractivity contribution in [3.8, 4) is 5.75 Å². The van der Waals surface area contributed by atoms with E-state index in [0.717, 1.165) is 22.3 Å². The van der Waals surface area contributed by atoms with Gasteiger partial charge in [-0.1, -0.05) is 12.1 Å². The van der Waals surface area contributed by atoms with Crippen LogP contribution in [0.4, 0.5) is 17.1 Å². The molecule has 0 aliphatic rings. The van der Waals surface area contributed by atoms with Crippen LogP contribution in [0.3, 0.4) is 0 Å². The molecule has 3 aromatic rings. The molecule has 0 atom stereocenters. The largest absolute Gasteiger partial charge is 0.494 e. The van der Waals surface area contributed by atoms with Crippen LogP contribution in [0, 0.1) is 10.1 Å². The number of pyridine rings is 1. The number of ether oxygens (including phenoxy) is 1. The Morgan fingerprint density at radius 2 is 1.91 bits per heavy atom. The molecule has 6 nitrogen and oxygen atoms in total. The van der Waals surface area contributed by atoms with E-state index in [2.05, 4.69) is 10.3 Å². The summed E-state index contributed by atoms with van der Waals surface area (Å²) in [6.07, 6.45) is 1.69. The van der Waals surface area contributed by atoms with Crippen molar-refractivity contribution in [2.45, 2.75) is 0 Å². The summed E-state index contributed by atoms with van der Waals surface area (Å²) in [6.45, 7) is 0. The molecular formula is C16H13N3O3. The number of rotatable bonds is 4. The highest BCUT2D eigenvalue weighted by atomic mass is 16.6. The van der Waals surface area contributed by atoms with Gasteiger partial charge in [-0.3, -0.25) is 15.1 Å². The second kappa shape index (κ2) is 5.69. The number of nitrogens with one attached hydrogen (secondary N) is 1. The van der Waals surface area contributed by atoms with Crippen LogP contribution in [0.2, 0.25) is 0 Å². The molecule has 0 aliphatic carbocycles. The highest BCUT2D eigenvalue weighted by Gasteiger charge is 2.08. The lowest BCUT2D eigenvalue weighted by atomic mass is 10.1. The molecular weight excluding hydrogens is 282 g/mol. The molecule has 0 saturated heterocycles. The molecule has 1 heterocycles. The fraction of sp³-hybridized carbons (Fsp3) is 0.0625. The van der Waals surface area contributed by atoms with Gasteiger partial charge in [0.15, 0.2) is 0 Å². The van der Waals surface area contributed by atoms with E-state index < -0.39 is 4.92 Å². The number of fused-ring (bicyclic) bond motifs is 1. The lowest BCUT2D eigenvalue weighted by Gasteiger charge is -2.11. The molecule has 0 spiro atoms. The number of hydrogen-bond donors (Lipinski definition) is 1. The molecule has 0 unspecified atom stereocenters. The van der Waals surface area contributed by atoms with Gasteiger partial charge in [0, 0.05) is 35.1 Å². The third-order valence-corrected chi connectivity index (χ3v) is 3.31. The van der Waals surface area contributed by atoms with Crippen LogP contribution in [-0.2, 0) is 0 Å². The van der Waals surface area contributed by atoms with Gasteiger partial charge in [-0.05, 0) is 24.3 Å². The molecule has 0 radical (unpaired) electrons. The van der Waals surface area contributed by atoms with Crippen LogP contribution in [0.25, 0.3) is 10.9 Å². The van der Waals surface area contributed by atoms with Gasteiger partial charge in [0.25, 0.3) is 5.69 Å². The molecule has 0 amide bonds. The Hall–Kier alpha value is -3.15. The zero-order valence-electron chi connectivity index (χ0n) is 11.8. The Labute approximate surface area is 126 Å². The average molecular weight is 295 g/mol. The minimum atomic E-state index is -0.420. The standard InChI is InChI=1S/C16H13N3O3/c1-22-15-4-2-3-13-14(9-10-17-16(13)15)18-11-5-7-12(8-6-11)19(20)21/h2-10H,1H3,(H,17,18). The van der Waals surface area contributed by atoms with E-state index in [9.17, 15) is 10.1 Å². The van der Waals surface area contributed by atoms with Crippen LogP contribution in [0.5, 0.6) is 5.75 Å². The maximum atomic E-state index is 10.7. The molecule has 110 valence electrons. The van der Waals surface area contributed by atoms with E-state index >= 15 is 0 Å². The summed E-state index contributed by atoms with van der Waals surface area (Å²) in [5.41, 5.74) is 2.45. The number of non-ortho nitro benzene ring substituents is 1. The van der Waals surface area contributed by atoms with E-state index in [1.165, 1.54) is 12.1 Å². The normalized spacial score (nSPS) is 10.4. The van der Waals surface area contributed by atoms with Crippen molar-refractivity contribution in [1.29, 1.82) is 0 Å². The molecule has 0 aliphatic heterocycles. The third-order valence-electron chi connectivity index (χ3n) is 3.31. The van der Waals surface area contributed by atoms with Crippen molar-refractivity contribution in [3.63, 3.8) is 0 Å². The van der Waals surface area contributed by atoms with Gasteiger partial charge in [-0.15, -0.1) is 0 Å². The summed E-state index contributed by atoms with van der Waals surface area (Å²) in [6, 6.07) is 13.8. The lowest BCUT2D eigenvalue weighted by Crippen LogP contribution is -1.95. The molecule has 1 aromatic heterocycles. The van der Waals surface area contributed by atoms with Crippen molar-refractivity contribution < 1.29 is 9.66 Å². The van der Waals surface area contributed by atoms with Crippen molar-refractivity contribution in [3.05, 3.63) is 64.8 Å². The number of para-hydroxylation sites is 1. The fourth-order valence-corrected chi connectivity index (χ4v) is 2.24. The highest BCUT2D eigenvalue weighted by molar-refractivity contribution is 5.96. The Bertz CT molecular complexity index is 832. The molecule has 22 heavy (non-hydrogen) atoms. The zero-order chi connectivity index (χ0) is 15.5. The van der Waals surface area contributed by atoms with Crippen molar-refractivity contribution in [2.24, 2.45) is 0 Å². The summed E-state index contributed by atoms with van der Waals surface area (Å²) >= 11 is 0. The topological polar surface area (TPSA) is 77.3 Å². The number of aromatic nitrogens is 1. The Morgan fingerprint density at radius 1 is 1.14 bits per heavy atom. The number of benzene rings is 2. The van der Waals surface area contributed by atoms with Crippen molar-refractivity contribution >= 4 is 28.0 Å². The van der Waals surface area contributed by atoms with E-state index in [0.29, 0.717) is 5.75 Å². The number of anilines is 2. The average Bonchev–Trinajstić information content (AvgIpc) is 2.55. The van der Waals surface area contributed by atoms with Gasteiger partial charge in [-0.25, -0.2) is 0 Å². The van der Waals surface area contributed by atoms with E-state index in [1.807, 2.05) is 24.3 Å². The summed E-state index contributed by atoms with van der Waals surface area (Å²) in [5.74, 6) is 0.699. The summed E-state index contributed by atoms with van der Waals surface area (Å²) in [4.78, 5) is 14.6. The molecule has 3 rings (SSSR count). The molecule has 0 bridgehead atoms. The molecule has 6 heteroatoms. The molecule has 1 N–H and O–H groups in total. The fourth-order valence-electron chi connectivity index (χ4n) is 2.24. The first-order valence-corrected chi connectivity index (χ1v) is 6.62. The summed E-state index contributed by atoms with van der Waals surface area (Å²) in [5, 5.41) is 14.8. The third kappa shape index (κ3) is 2.54. The van der Waals surface area contributed by atoms with Gasteiger partial charge in [0.1, 0.15) is 11.3 Å². The number of methoxy groups -OCH3 is 1. The van der Waals surface area contributed by atoms with E-state index in [-0.39, 0.29) is 5.69 Å². The number of nitro benzene ring substituents is 1. The smallest absolute Gasteiger partial charge is 0.269 e.